The van der Waals surface area contributed by atoms with Crippen LogP contribution in [0.4, 0.5) is 4.39 Å². The normalized spacial score (nSPS) is 15.1. The molecule has 184 valence electrons. The van der Waals surface area contributed by atoms with Crippen LogP contribution in [0.1, 0.15) is 28.8 Å². The number of para-hydroxylation sites is 1. The van der Waals surface area contributed by atoms with Crippen molar-refractivity contribution in [2.24, 2.45) is 7.05 Å². The minimum atomic E-state index is -0.470. The Morgan fingerprint density at radius 1 is 1.06 bits per heavy atom. The van der Waals surface area contributed by atoms with Crippen LogP contribution in [0.25, 0.3) is 11.3 Å². The summed E-state index contributed by atoms with van der Waals surface area (Å²) in [4.78, 5) is 15.4. The third-order valence-electron chi connectivity index (χ3n) is 6.28. The van der Waals surface area contributed by atoms with Crippen LogP contribution in [0, 0.1) is 5.82 Å². The molecule has 0 spiro atoms. The summed E-state index contributed by atoms with van der Waals surface area (Å²) in [5, 5.41) is 4.72. The number of hydrogen-bond donors (Lipinski definition) is 0. The fourth-order valence-corrected chi connectivity index (χ4v) is 4.49. The molecule has 6 nitrogen and oxygen atoms in total. The van der Waals surface area contributed by atoms with E-state index in [1.54, 1.807) is 34.8 Å². The van der Waals surface area contributed by atoms with Crippen LogP contribution in [-0.2, 0) is 18.3 Å². The van der Waals surface area contributed by atoms with Crippen molar-refractivity contribution in [2.45, 2.75) is 25.5 Å². The maximum atomic E-state index is 14.5. The summed E-state index contributed by atoms with van der Waals surface area (Å²) < 4.78 is 28.1. The molecule has 0 radical (unpaired) electrons. The third kappa shape index (κ3) is 5.16. The maximum Gasteiger partial charge on any atom is 0.254 e. The first kappa shape index (κ1) is 23.8. The van der Waals surface area contributed by atoms with Crippen molar-refractivity contribution in [2.75, 3.05) is 13.2 Å². The highest BCUT2D eigenvalue weighted by atomic mass is 19.1. The van der Waals surface area contributed by atoms with Crippen molar-refractivity contribution in [3.8, 4) is 22.9 Å². The number of ether oxygens (including phenoxy) is 2. The summed E-state index contributed by atoms with van der Waals surface area (Å²) in [5.41, 5.74) is 2.87. The second-order valence-electron chi connectivity index (χ2n) is 8.84. The summed E-state index contributed by atoms with van der Waals surface area (Å²) in [5.74, 6) is -0.0909. The SMILES string of the molecule is Cn1nc(-c2ccccc2)c(CN(C[C@@H]2CCCO2)C(=O)c2ccccc2)c1Oc1ccccc1F. The monoisotopic (exact) mass is 485 g/mol. The first-order chi connectivity index (χ1) is 17.6. The van der Waals surface area contributed by atoms with Gasteiger partial charge in [-0.2, -0.15) is 5.10 Å². The molecule has 3 aromatic carbocycles. The van der Waals surface area contributed by atoms with Crippen molar-refractivity contribution in [1.82, 2.24) is 14.7 Å². The Morgan fingerprint density at radius 2 is 1.75 bits per heavy atom. The fourth-order valence-electron chi connectivity index (χ4n) is 4.49. The first-order valence-corrected chi connectivity index (χ1v) is 12.1. The predicted molar refractivity (Wildman–Crippen MR) is 135 cm³/mol. The van der Waals surface area contributed by atoms with Crippen LogP contribution >= 0.6 is 0 Å². The molecule has 0 aliphatic carbocycles. The number of hydrogen-bond acceptors (Lipinski definition) is 4. The van der Waals surface area contributed by atoms with Gasteiger partial charge in [-0.1, -0.05) is 60.7 Å². The average Bonchev–Trinajstić information content (AvgIpc) is 3.54. The summed E-state index contributed by atoms with van der Waals surface area (Å²) in [6.45, 7) is 1.37. The second kappa shape index (κ2) is 10.7. The minimum absolute atomic E-state index is 0.0366. The molecule has 1 amide bonds. The van der Waals surface area contributed by atoms with E-state index >= 15 is 0 Å². The van der Waals surface area contributed by atoms with Crippen LogP contribution in [0.15, 0.2) is 84.9 Å². The highest BCUT2D eigenvalue weighted by Gasteiger charge is 2.28. The van der Waals surface area contributed by atoms with Crippen LogP contribution in [-0.4, -0.2) is 39.8 Å². The highest BCUT2D eigenvalue weighted by Crippen LogP contribution is 2.35. The third-order valence-corrected chi connectivity index (χ3v) is 6.28. The van der Waals surface area contributed by atoms with Gasteiger partial charge < -0.3 is 14.4 Å². The van der Waals surface area contributed by atoms with Gasteiger partial charge in [0.2, 0.25) is 5.88 Å². The zero-order chi connectivity index (χ0) is 24.9. The Morgan fingerprint density at radius 3 is 2.44 bits per heavy atom. The standard InChI is InChI=1S/C29H28FN3O3/c1-32-29(36-26-17-9-8-16-25(26)30)24(27(31-32)21-11-4-2-5-12-21)20-33(19-23-15-10-18-35-23)28(34)22-13-6-3-7-14-22/h2-9,11-14,16-17,23H,10,15,18-20H2,1H3/t23-/m0/s1. The Labute approximate surface area is 209 Å². The largest absolute Gasteiger partial charge is 0.436 e. The van der Waals surface area contributed by atoms with E-state index in [9.17, 15) is 9.18 Å². The number of amides is 1. The lowest BCUT2D eigenvalue weighted by molar-refractivity contribution is 0.0506. The van der Waals surface area contributed by atoms with Crippen LogP contribution in [0.3, 0.4) is 0 Å². The number of aryl methyl sites for hydroxylation is 1. The van der Waals surface area contributed by atoms with Crippen molar-refractivity contribution in [3.63, 3.8) is 0 Å². The van der Waals surface area contributed by atoms with Gasteiger partial charge in [0.25, 0.3) is 5.91 Å². The topological polar surface area (TPSA) is 56.6 Å². The Kier molecular flexibility index (Phi) is 7.09. The van der Waals surface area contributed by atoms with Gasteiger partial charge in [0.05, 0.1) is 18.2 Å². The van der Waals surface area contributed by atoms with Gasteiger partial charge in [-0.05, 0) is 37.1 Å². The zero-order valence-corrected chi connectivity index (χ0v) is 20.1. The quantitative estimate of drug-likeness (QED) is 0.315. The van der Waals surface area contributed by atoms with E-state index in [0.29, 0.717) is 35.9 Å². The van der Waals surface area contributed by atoms with E-state index in [0.717, 1.165) is 18.4 Å². The second-order valence-corrected chi connectivity index (χ2v) is 8.84. The average molecular weight is 486 g/mol. The Hall–Kier alpha value is -3.97. The van der Waals surface area contributed by atoms with Crippen molar-refractivity contribution in [1.29, 1.82) is 0 Å². The minimum Gasteiger partial charge on any atom is -0.436 e. The molecule has 36 heavy (non-hydrogen) atoms. The molecule has 0 saturated carbocycles. The highest BCUT2D eigenvalue weighted by molar-refractivity contribution is 5.94. The zero-order valence-electron chi connectivity index (χ0n) is 20.1. The molecule has 4 aromatic rings. The van der Waals surface area contributed by atoms with Gasteiger partial charge in [0.1, 0.15) is 5.69 Å². The molecule has 1 fully saturated rings. The number of aromatic nitrogens is 2. The molecule has 1 saturated heterocycles. The number of nitrogens with zero attached hydrogens (tertiary/aromatic N) is 3. The summed E-state index contributed by atoms with van der Waals surface area (Å²) in [6, 6.07) is 25.2. The smallest absolute Gasteiger partial charge is 0.254 e. The van der Waals surface area contributed by atoms with E-state index < -0.39 is 5.82 Å². The Balaban J connectivity index is 1.57. The van der Waals surface area contributed by atoms with E-state index in [1.165, 1.54) is 6.07 Å². The predicted octanol–water partition coefficient (Wildman–Crippen LogP) is 5.84. The van der Waals surface area contributed by atoms with Crippen molar-refractivity contribution in [3.05, 3.63) is 102 Å². The molecule has 2 heterocycles. The molecule has 0 unspecified atom stereocenters. The van der Waals surface area contributed by atoms with E-state index in [1.807, 2.05) is 60.7 Å². The van der Waals surface area contributed by atoms with Crippen LogP contribution < -0.4 is 4.74 Å². The lowest BCUT2D eigenvalue weighted by Crippen LogP contribution is -2.37. The number of rotatable bonds is 8. The van der Waals surface area contributed by atoms with Crippen LogP contribution in [0.2, 0.25) is 0 Å². The summed E-state index contributed by atoms with van der Waals surface area (Å²) in [6.07, 6.45) is 1.84. The molecule has 0 N–H and O–H groups in total. The van der Waals surface area contributed by atoms with Gasteiger partial charge in [0, 0.05) is 31.3 Å². The summed E-state index contributed by atoms with van der Waals surface area (Å²) >= 11 is 0. The Bertz CT molecular complexity index is 1320. The van der Waals surface area contributed by atoms with Crippen molar-refractivity contribution < 1.29 is 18.7 Å². The van der Waals surface area contributed by atoms with E-state index in [4.69, 9.17) is 14.6 Å². The molecule has 0 bridgehead atoms. The van der Waals surface area contributed by atoms with E-state index in [-0.39, 0.29) is 24.3 Å². The lowest BCUT2D eigenvalue weighted by Gasteiger charge is -2.26. The molecule has 1 aliphatic rings. The van der Waals surface area contributed by atoms with Gasteiger partial charge in [-0.3, -0.25) is 4.79 Å². The van der Waals surface area contributed by atoms with E-state index in [2.05, 4.69) is 0 Å². The number of carbonyl (C=O) groups excluding carboxylic acids is 1. The number of halogens is 1. The first-order valence-electron chi connectivity index (χ1n) is 12.1. The molecule has 1 aliphatic heterocycles. The van der Waals surface area contributed by atoms with Crippen molar-refractivity contribution >= 4 is 5.91 Å². The van der Waals surface area contributed by atoms with Gasteiger partial charge in [0.15, 0.2) is 11.6 Å². The fraction of sp³-hybridized carbons (Fsp3) is 0.241. The molecule has 7 heteroatoms. The molecular weight excluding hydrogens is 457 g/mol. The number of carbonyl (C=O) groups is 1. The molecule has 5 rings (SSSR count). The van der Waals surface area contributed by atoms with Crippen LogP contribution in [0.5, 0.6) is 11.6 Å². The summed E-state index contributed by atoms with van der Waals surface area (Å²) in [7, 11) is 1.76. The lowest BCUT2D eigenvalue weighted by atomic mass is 10.1. The maximum absolute atomic E-state index is 14.5. The molecule has 1 atom stereocenters. The van der Waals surface area contributed by atoms with Gasteiger partial charge >= 0.3 is 0 Å². The van der Waals surface area contributed by atoms with Gasteiger partial charge in [-0.25, -0.2) is 9.07 Å². The molecular formula is C29H28FN3O3. The number of benzene rings is 3. The molecule has 1 aromatic heterocycles. The van der Waals surface area contributed by atoms with Gasteiger partial charge in [-0.15, -0.1) is 0 Å².